The Morgan fingerprint density at radius 2 is 1.75 bits per heavy atom. The van der Waals surface area contributed by atoms with Gasteiger partial charge in [-0.25, -0.2) is 9.37 Å². The minimum absolute atomic E-state index is 0.0523. The number of halogens is 1. The summed E-state index contributed by atoms with van der Waals surface area (Å²) in [6, 6.07) is 12.5. The molecule has 0 fully saturated rings. The van der Waals surface area contributed by atoms with Gasteiger partial charge in [0, 0.05) is 17.1 Å². The number of nitrogens with two attached hydrogens (primary N) is 2. The molecular weight excluding hydrogens is 305 g/mol. The van der Waals surface area contributed by atoms with Crippen LogP contribution in [-0.2, 0) is 0 Å². The second-order valence-electron chi connectivity index (χ2n) is 5.81. The Kier molecular flexibility index (Phi) is 3.13. The highest BCUT2D eigenvalue weighted by atomic mass is 19.1. The van der Waals surface area contributed by atoms with Crippen LogP contribution in [0.25, 0.3) is 21.8 Å². The lowest BCUT2D eigenvalue weighted by molar-refractivity contribution is 0.620. The highest BCUT2D eigenvalue weighted by Crippen LogP contribution is 2.32. The lowest BCUT2D eigenvalue weighted by atomic mass is 10.1. The molecule has 1 atom stereocenters. The van der Waals surface area contributed by atoms with Gasteiger partial charge in [0.2, 0.25) is 5.95 Å². The van der Waals surface area contributed by atoms with Crippen molar-refractivity contribution >= 4 is 33.6 Å². The molecule has 0 amide bonds. The van der Waals surface area contributed by atoms with Gasteiger partial charge in [-0.05, 0) is 42.8 Å². The van der Waals surface area contributed by atoms with Crippen molar-refractivity contribution in [3.8, 4) is 0 Å². The van der Waals surface area contributed by atoms with E-state index in [-0.39, 0.29) is 17.8 Å². The van der Waals surface area contributed by atoms with Crippen molar-refractivity contribution in [2.24, 2.45) is 0 Å². The number of nitrogens with zero attached hydrogens (tertiary/aromatic N) is 3. The Hall–Kier alpha value is -3.15. The summed E-state index contributed by atoms with van der Waals surface area (Å²) in [5, 5.41) is 1.77. The van der Waals surface area contributed by atoms with E-state index in [1.807, 2.05) is 24.4 Å². The van der Waals surface area contributed by atoms with Crippen LogP contribution in [-0.4, -0.2) is 14.5 Å². The molecule has 2 aromatic heterocycles. The minimum atomic E-state index is -0.239. The van der Waals surface area contributed by atoms with Gasteiger partial charge in [-0.15, -0.1) is 0 Å². The molecule has 0 aliphatic heterocycles. The second kappa shape index (κ2) is 5.19. The summed E-state index contributed by atoms with van der Waals surface area (Å²) in [5.41, 5.74) is 14.5. The summed E-state index contributed by atoms with van der Waals surface area (Å²) in [6.07, 6.45) is 1.99. The Labute approximate surface area is 137 Å². The summed E-state index contributed by atoms with van der Waals surface area (Å²) in [5.74, 6) is 0.297. The first-order valence-electron chi connectivity index (χ1n) is 7.62. The molecule has 24 heavy (non-hydrogen) atoms. The normalized spacial score (nSPS) is 12.8. The van der Waals surface area contributed by atoms with Gasteiger partial charge in [-0.2, -0.15) is 4.98 Å². The van der Waals surface area contributed by atoms with Crippen molar-refractivity contribution in [1.82, 2.24) is 14.5 Å². The zero-order chi connectivity index (χ0) is 16.8. The highest BCUT2D eigenvalue weighted by Gasteiger charge is 2.14. The number of benzene rings is 2. The average Bonchev–Trinajstić information content (AvgIpc) is 2.98. The molecule has 0 radical (unpaired) electrons. The van der Waals surface area contributed by atoms with Crippen LogP contribution in [0.1, 0.15) is 18.5 Å². The number of hydrogen-bond acceptors (Lipinski definition) is 4. The summed E-state index contributed by atoms with van der Waals surface area (Å²) < 4.78 is 15.3. The predicted molar refractivity (Wildman–Crippen MR) is 94.1 cm³/mol. The largest absolute Gasteiger partial charge is 0.383 e. The van der Waals surface area contributed by atoms with Gasteiger partial charge in [0.1, 0.15) is 11.6 Å². The van der Waals surface area contributed by atoms with Crippen LogP contribution in [0.4, 0.5) is 16.2 Å². The number of aromatic nitrogens is 3. The van der Waals surface area contributed by atoms with Crippen LogP contribution in [0, 0.1) is 5.82 Å². The molecule has 4 N–H and O–H groups in total. The SMILES string of the molecule is C[C@H](c1ccc(F)cc1)n1ccc2c3c(N)nc(N)nc3ccc21. The average molecular weight is 321 g/mol. The first-order valence-corrected chi connectivity index (χ1v) is 7.62. The van der Waals surface area contributed by atoms with E-state index >= 15 is 0 Å². The molecule has 0 aliphatic rings. The molecule has 2 aromatic carbocycles. The van der Waals surface area contributed by atoms with Crippen molar-refractivity contribution in [2.45, 2.75) is 13.0 Å². The lowest BCUT2D eigenvalue weighted by Gasteiger charge is -2.16. The van der Waals surface area contributed by atoms with Crippen molar-refractivity contribution in [3.05, 3.63) is 60.0 Å². The van der Waals surface area contributed by atoms with Crippen LogP contribution < -0.4 is 11.5 Å². The van der Waals surface area contributed by atoms with Gasteiger partial charge in [0.05, 0.1) is 16.9 Å². The van der Waals surface area contributed by atoms with Crippen LogP contribution in [0.2, 0.25) is 0 Å². The molecule has 4 aromatic rings. The molecule has 0 saturated heterocycles. The van der Waals surface area contributed by atoms with Gasteiger partial charge >= 0.3 is 0 Å². The van der Waals surface area contributed by atoms with Crippen LogP contribution in [0.5, 0.6) is 0 Å². The van der Waals surface area contributed by atoms with E-state index in [2.05, 4.69) is 21.5 Å². The Bertz CT molecular complexity index is 1050. The first-order chi connectivity index (χ1) is 11.5. The zero-order valence-corrected chi connectivity index (χ0v) is 13.1. The van der Waals surface area contributed by atoms with Crippen molar-refractivity contribution in [2.75, 3.05) is 11.5 Å². The Balaban J connectivity index is 1.92. The van der Waals surface area contributed by atoms with Crippen LogP contribution >= 0.6 is 0 Å². The fourth-order valence-corrected chi connectivity index (χ4v) is 3.16. The Morgan fingerprint density at radius 3 is 2.50 bits per heavy atom. The molecule has 0 aliphatic carbocycles. The number of rotatable bonds is 2. The van der Waals surface area contributed by atoms with Gasteiger partial charge < -0.3 is 16.0 Å². The minimum Gasteiger partial charge on any atom is -0.383 e. The molecule has 120 valence electrons. The number of fused-ring (bicyclic) bond motifs is 3. The van der Waals surface area contributed by atoms with Gasteiger partial charge in [0.15, 0.2) is 0 Å². The highest BCUT2D eigenvalue weighted by molar-refractivity contribution is 6.10. The maximum Gasteiger partial charge on any atom is 0.222 e. The Morgan fingerprint density at radius 1 is 1.00 bits per heavy atom. The molecule has 0 spiro atoms. The van der Waals surface area contributed by atoms with E-state index < -0.39 is 0 Å². The summed E-state index contributed by atoms with van der Waals surface area (Å²) >= 11 is 0. The maximum atomic E-state index is 13.2. The van der Waals surface area contributed by atoms with Gasteiger partial charge in [0.25, 0.3) is 0 Å². The van der Waals surface area contributed by atoms with Gasteiger partial charge in [-0.1, -0.05) is 12.1 Å². The van der Waals surface area contributed by atoms with E-state index in [0.29, 0.717) is 5.82 Å². The fraction of sp³-hybridized carbons (Fsp3) is 0.111. The standard InChI is InChI=1S/C18H16FN5/c1-10(11-2-4-12(19)5-3-11)24-9-8-13-15(24)7-6-14-16(13)17(20)23-18(21)22-14/h2-10H,1H3,(H4,20,21,22,23)/t10-/m1/s1. The fourth-order valence-electron chi connectivity index (χ4n) is 3.16. The number of nitrogen functional groups attached to an aromatic ring is 2. The number of hydrogen-bond donors (Lipinski definition) is 2. The van der Waals surface area contributed by atoms with Crippen LogP contribution in [0.15, 0.2) is 48.7 Å². The van der Waals surface area contributed by atoms with E-state index in [1.165, 1.54) is 12.1 Å². The van der Waals surface area contributed by atoms with Crippen molar-refractivity contribution in [3.63, 3.8) is 0 Å². The molecule has 0 saturated carbocycles. The quantitative estimate of drug-likeness (QED) is 0.592. The third-order valence-electron chi connectivity index (χ3n) is 4.38. The molecule has 5 nitrogen and oxygen atoms in total. The van der Waals surface area contributed by atoms with E-state index in [9.17, 15) is 4.39 Å². The third kappa shape index (κ3) is 2.15. The van der Waals surface area contributed by atoms with Crippen LogP contribution in [0.3, 0.4) is 0 Å². The zero-order valence-electron chi connectivity index (χ0n) is 13.1. The molecule has 0 bridgehead atoms. The topological polar surface area (TPSA) is 82.8 Å². The van der Waals surface area contributed by atoms with Gasteiger partial charge in [-0.3, -0.25) is 0 Å². The smallest absolute Gasteiger partial charge is 0.222 e. The van der Waals surface area contributed by atoms with E-state index in [4.69, 9.17) is 11.5 Å². The summed E-state index contributed by atoms with van der Waals surface area (Å²) in [6.45, 7) is 2.07. The monoisotopic (exact) mass is 321 g/mol. The second-order valence-corrected chi connectivity index (χ2v) is 5.81. The molecule has 2 heterocycles. The predicted octanol–water partition coefficient (Wildman–Crippen LogP) is 3.50. The first kappa shape index (κ1) is 14.4. The maximum absolute atomic E-state index is 13.2. The molecule has 6 heteroatoms. The summed E-state index contributed by atoms with van der Waals surface area (Å²) in [4.78, 5) is 8.31. The molecular formula is C18H16FN5. The van der Waals surface area contributed by atoms with E-state index in [0.717, 1.165) is 27.4 Å². The third-order valence-corrected chi connectivity index (χ3v) is 4.38. The molecule has 4 rings (SSSR count). The van der Waals surface area contributed by atoms with Crippen molar-refractivity contribution < 1.29 is 4.39 Å². The van der Waals surface area contributed by atoms with Crippen molar-refractivity contribution in [1.29, 1.82) is 0 Å². The summed E-state index contributed by atoms with van der Waals surface area (Å²) in [7, 11) is 0. The molecule has 0 unspecified atom stereocenters. The number of anilines is 2. The van der Waals surface area contributed by atoms with E-state index in [1.54, 1.807) is 12.1 Å². The lowest BCUT2D eigenvalue weighted by Crippen LogP contribution is -2.05.